The van der Waals surface area contributed by atoms with E-state index in [4.69, 9.17) is 23.7 Å². The Morgan fingerprint density at radius 1 is 0.869 bits per heavy atom. The summed E-state index contributed by atoms with van der Waals surface area (Å²) in [4.78, 5) is 83.5. The number of ketones is 1. The largest absolute Gasteiger partial charge is 0.456 e. The van der Waals surface area contributed by atoms with Crippen molar-refractivity contribution in [3.8, 4) is 0 Å². The lowest BCUT2D eigenvalue weighted by Crippen LogP contribution is -2.82. The van der Waals surface area contributed by atoms with Crippen LogP contribution in [0.4, 0.5) is 0 Å². The minimum absolute atomic E-state index is 0.0217. The Hall–Kier alpha value is -4.96. The van der Waals surface area contributed by atoms with Gasteiger partial charge in [-0.15, -0.1) is 0 Å². The second kappa shape index (κ2) is 15.4. The van der Waals surface area contributed by atoms with Gasteiger partial charge in [0.2, 0.25) is 0 Å². The van der Waals surface area contributed by atoms with E-state index < -0.39 is 112 Å². The third-order valence-electron chi connectivity index (χ3n) is 14.4. The van der Waals surface area contributed by atoms with Crippen LogP contribution in [0.15, 0.2) is 71.8 Å². The minimum atomic E-state index is -2.36. The summed E-state index contributed by atoms with van der Waals surface area (Å²) < 4.78 is 30.4. The van der Waals surface area contributed by atoms with Crippen LogP contribution in [0.5, 0.6) is 0 Å². The number of hydrogen-bond donors (Lipinski definition) is 4. The predicted octanol–water partition coefficient (Wildman–Crippen LogP) is 3.41. The number of rotatable bonds is 10. The molecule has 4 fully saturated rings. The molecular weight excluding hydrogens is 790 g/mol. The van der Waals surface area contributed by atoms with Gasteiger partial charge in [0.15, 0.2) is 23.6 Å². The van der Waals surface area contributed by atoms with Gasteiger partial charge in [-0.25, -0.2) is 9.59 Å². The van der Waals surface area contributed by atoms with Gasteiger partial charge in [0.1, 0.15) is 23.9 Å². The van der Waals surface area contributed by atoms with Crippen molar-refractivity contribution >= 4 is 35.6 Å². The van der Waals surface area contributed by atoms with Gasteiger partial charge in [-0.3, -0.25) is 19.2 Å². The molecule has 2 aromatic rings. The fraction of sp³-hybridized carbons (Fsp3) is 0.565. The highest BCUT2D eigenvalue weighted by atomic mass is 16.6. The first-order chi connectivity index (χ1) is 28.6. The topological polar surface area (TPSA) is 221 Å². The van der Waals surface area contributed by atoms with Gasteiger partial charge in [0.25, 0.3) is 5.91 Å². The number of aliphatic hydroxyl groups excluding tert-OH is 2. The molecule has 328 valence electrons. The molecular formula is C46H55NO14. The molecule has 2 bridgehead atoms. The molecule has 1 heterocycles. The quantitative estimate of drug-likeness (QED) is 0.153. The summed E-state index contributed by atoms with van der Waals surface area (Å²) in [5.41, 5.74) is -8.59. The summed E-state index contributed by atoms with van der Waals surface area (Å²) in [6, 6.07) is 16.2. The number of hydrogen-bond acceptors (Lipinski definition) is 14. The van der Waals surface area contributed by atoms with Crippen LogP contribution in [0.25, 0.3) is 0 Å². The molecule has 61 heavy (non-hydrogen) atoms. The SMILES string of the molecule is CC(=O)O[C@H]1C(=O)[C@]2(C)[C@H](O)C[C@H]3OC[C@@]3(OC(C)=O)[C@H]2[C@H](OC(=O)c2ccccc2)[C@]2(O)C[C@H](OC(=O)[C@@H](O)[C@@]3(NC(=O)c4ccccc4)C[C@H]3C(C)C)C(C)=C1C2(C)C. The van der Waals surface area contributed by atoms with Gasteiger partial charge < -0.3 is 44.3 Å². The zero-order valence-electron chi connectivity index (χ0n) is 35.6. The van der Waals surface area contributed by atoms with E-state index in [1.165, 1.54) is 19.1 Å². The number of nitrogens with one attached hydrogen (secondary N) is 1. The summed E-state index contributed by atoms with van der Waals surface area (Å²) in [6.07, 6.45) is -9.96. The lowest BCUT2D eigenvalue weighted by molar-refractivity contribution is -0.346. The van der Waals surface area contributed by atoms with Gasteiger partial charge in [-0.05, 0) is 67.5 Å². The number of amides is 1. The van der Waals surface area contributed by atoms with E-state index in [9.17, 15) is 39.3 Å². The third kappa shape index (κ3) is 6.88. The molecule has 4 N–H and O–H groups in total. The van der Waals surface area contributed by atoms with Gasteiger partial charge in [-0.1, -0.05) is 64.1 Å². The van der Waals surface area contributed by atoms with E-state index in [1.54, 1.807) is 69.3 Å². The summed E-state index contributed by atoms with van der Waals surface area (Å²) in [5.74, 6) is -6.98. The van der Waals surface area contributed by atoms with Crippen molar-refractivity contribution in [3.63, 3.8) is 0 Å². The lowest BCUT2D eigenvalue weighted by atomic mass is 9.44. The van der Waals surface area contributed by atoms with E-state index >= 15 is 4.79 Å². The van der Waals surface area contributed by atoms with Crippen molar-refractivity contribution in [2.75, 3.05) is 6.61 Å². The van der Waals surface area contributed by atoms with E-state index in [-0.39, 0.29) is 48.0 Å². The molecule has 3 saturated carbocycles. The summed E-state index contributed by atoms with van der Waals surface area (Å²) in [7, 11) is 0. The highest BCUT2D eigenvalue weighted by Crippen LogP contribution is 2.64. The van der Waals surface area contributed by atoms with Crippen molar-refractivity contribution in [2.45, 2.75) is 128 Å². The Kier molecular flexibility index (Phi) is 11.2. The van der Waals surface area contributed by atoms with Gasteiger partial charge in [0, 0.05) is 37.7 Å². The Labute approximate surface area is 354 Å². The Bertz CT molecular complexity index is 2150. The van der Waals surface area contributed by atoms with Crippen LogP contribution in [0, 0.1) is 28.6 Å². The minimum Gasteiger partial charge on any atom is -0.456 e. The van der Waals surface area contributed by atoms with Crippen LogP contribution < -0.4 is 5.32 Å². The van der Waals surface area contributed by atoms with Gasteiger partial charge in [-0.2, -0.15) is 0 Å². The maximum absolute atomic E-state index is 15.5. The first-order valence-corrected chi connectivity index (χ1v) is 20.7. The highest BCUT2D eigenvalue weighted by molar-refractivity contribution is 5.97. The number of carbonyl (C=O) groups excluding carboxylic acids is 6. The van der Waals surface area contributed by atoms with E-state index in [0.717, 1.165) is 13.8 Å². The fourth-order valence-corrected chi connectivity index (χ4v) is 11.0. The van der Waals surface area contributed by atoms with Crippen molar-refractivity contribution in [3.05, 3.63) is 82.9 Å². The number of ether oxygens (including phenoxy) is 5. The van der Waals surface area contributed by atoms with Gasteiger partial charge in [0.05, 0.1) is 35.1 Å². The average Bonchev–Trinajstić information content (AvgIpc) is 3.94. The molecule has 0 spiro atoms. The number of carbonyl (C=O) groups is 6. The molecule has 0 aromatic heterocycles. The molecule has 1 saturated heterocycles. The molecule has 1 aliphatic heterocycles. The Morgan fingerprint density at radius 3 is 2.00 bits per heavy atom. The van der Waals surface area contributed by atoms with Crippen LogP contribution in [0.3, 0.4) is 0 Å². The van der Waals surface area contributed by atoms with Crippen LogP contribution >= 0.6 is 0 Å². The van der Waals surface area contributed by atoms with Crippen LogP contribution in [-0.4, -0.2) is 111 Å². The molecule has 0 radical (unpaired) electrons. The van der Waals surface area contributed by atoms with Crippen molar-refractivity contribution in [1.29, 1.82) is 0 Å². The van der Waals surface area contributed by atoms with Crippen molar-refractivity contribution < 1.29 is 67.8 Å². The molecule has 12 atom stereocenters. The van der Waals surface area contributed by atoms with Crippen molar-refractivity contribution in [1.82, 2.24) is 5.32 Å². The van der Waals surface area contributed by atoms with Gasteiger partial charge >= 0.3 is 23.9 Å². The standard InChI is InChI=1S/C46H55NO14/c1-23(2)29-20-44(29,47-39(53)27-15-11-9-12-16-27)37(52)41(55)59-30-21-46(56)38(60-40(54)28-17-13-10-14-18-28)35-43(8,31(50)19-32-45(35,22-57-32)61-26(5)49)36(51)34(58-25(4)48)33(24(30)3)42(46,6)7/h9-18,23,29-32,34-35,37-38,50,52,56H,19-22H2,1-8H3,(H,47,53)/t29-,30-,31+,32+,34+,35-,37+,38-,43+,44+,45-,46+/m0/s1. The smallest absolute Gasteiger partial charge is 0.338 e. The summed E-state index contributed by atoms with van der Waals surface area (Å²) in [6.45, 7) is 11.9. The second-order valence-corrected chi connectivity index (χ2v) is 18.5. The molecule has 5 aliphatic rings. The number of esters is 4. The van der Waals surface area contributed by atoms with Crippen molar-refractivity contribution in [2.24, 2.45) is 28.6 Å². The predicted molar refractivity (Wildman–Crippen MR) is 214 cm³/mol. The second-order valence-electron chi connectivity index (χ2n) is 18.5. The summed E-state index contributed by atoms with van der Waals surface area (Å²) in [5, 5.41) is 40.5. The summed E-state index contributed by atoms with van der Waals surface area (Å²) >= 11 is 0. The Morgan fingerprint density at radius 2 is 1.48 bits per heavy atom. The molecule has 15 heteroatoms. The number of Topliss-reactive ketones (excluding diaryl/α,β-unsaturated/α-hetero) is 1. The zero-order chi connectivity index (χ0) is 44.6. The van der Waals surface area contributed by atoms with Crippen LogP contribution in [0.2, 0.25) is 0 Å². The molecule has 0 unspecified atom stereocenters. The first-order valence-electron chi connectivity index (χ1n) is 20.7. The van der Waals surface area contributed by atoms with Crippen LogP contribution in [-0.2, 0) is 42.9 Å². The third-order valence-corrected chi connectivity index (χ3v) is 14.4. The zero-order valence-corrected chi connectivity index (χ0v) is 35.6. The fourth-order valence-electron chi connectivity index (χ4n) is 11.0. The maximum atomic E-state index is 15.5. The molecule has 2 aromatic carbocycles. The monoisotopic (exact) mass is 845 g/mol. The number of fused-ring (bicyclic) bond motifs is 5. The lowest BCUT2D eigenvalue weighted by Gasteiger charge is -2.67. The number of aliphatic hydroxyl groups is 3. The highest BCUT2D eigenvalue weighted by Gasteiger charge is 2.78. The first kappa shape index (κ1) is 44.1. The maximum Gasteiger partial charge on any atom is 0.338 e. The van der Waals surface area contributed by atoms with Crippen LogP contribution in [0.1, 0.15) is 95.4 Å². The molecule has 4 aliphatic carbocycles. The number of benzene rings is 2. The molecule has 7 rings (SSSR count). The normalized spacial score (nSPS) is 36.4. The average molecular weight is 846 g/mol. The van der Waals surface area contributed by atoms with E-state index in [2.05, 4.69) is 5.32 Å². The molecule has 15 nitrogen and oxygen atoms in total. The molecule has 1 amide bonds. The van der Waals surface area contributed by atoms with E-state index in [0.29, 0.717) is 5.56 Å². The Balaban J connectivity index is 1.38. The van der Waals surface area contributed by atoms with E-state index in [1.807, 2.05) is 13.8 Å².